The highest BCUT2D eigenvalue weighted by atomic mass is 16.3. The third-order valence-electron chi connectivity index (χ3n) is 2.56. The Hall–Kier alpha value is -1.77. The largest absolute Gasteiger partial charge is 0.508 e. The fraction of sp³-hybridized carbons (Fsp3) is 0.250. The lowest BCUT2D eigenvalue weighted by Crippen LogP contribution is -1.91. The number of fused-ring (bicyclic) bond motifs is 1. The summed E-state index contributed by atoms with van der Waals surface area (Å²) in [6.45, 7) is 7.79. The Morgan fingerprint density at radius 3 is 2.80 bits per heavy atom. The van der Waals surface area contributed by atoms with E-state index in [1.54, 1.807) is 6.20 Å². The molecular weight excluding hydrogens is 188 g/mol. The van der Waals surface area contributed by atoms with Crippen LogP contribution in [-0.4, -0.2) is 15.3 Å². The molecule has 0 unspecified atom stereocenters. The van der Waals surface area contributed by atoms with Gasteiger partial charge in [0.2, 0.25) is 0 Å². The van der Waals surface area contributed by atoms with Crippen LogP contribution in [0.3, 0.4) is 0 Å². The highest BCUT2D eigenvalue weighted by molar-refractivity contribution is 5.89. The van der Waals surface area contributed by atoms with E-state index in [9.17, 15) is 5.11 Å². The fourth-order valence-corrected chi connectivity index (χ4v) is 1.65. The summed E-state index contributed by atoms with van der Waals surface area (Å²) in [7, 11) is 0. The third-order valence-corrected chi connectivity index (χ3v) is 2.56. The van der Waals surface area contributed by atoms with Crippen molar-refractivity contribution in [3.8, 4) is 0 Å². The Morgan fingerprint density at radius 1 is 1.47 bits per heavy atom. The Labute approximate surface area is 88.4 Å². The van der Waals surface area contributed by atoms with Crippen LogP contribution in [0.25, 0.3) is 16.7 Å². The van der Waals surface area contributed by atoms with Gasteiger partial charge in [-0.3, -0.25) is 5.10 Å². The predicted octanol–water partition coefficient (Wildman–Crippen LogP) is 3.22. The summed E-state index contributed by atoms with van der Waals surface area (Å²) in [4.78, 5) is 0. The van der Waals surface area contributed by atoms with Crippen LogP contribution in [-0.2, 0) is 0 Å². The number of H-pyrrole nitrogens is 1. The van der Waals surface area contributed by atoms with Crippen LogP contribution in [0.15, 0.2) is 24.9 Å². The smallest absolute Gasteiger partial charge is 0.116 e. The van der Waals surface area contributed by atoms with Gasteiger partial charge in [0.05, 0.1) is 11.7 Å². The van der Waals surface area contributed by atoms with E-state index < -0.39 is 0 Å². The molecule has 0 amide bonds. The summed E-state index contributed by atoms with van der Waals surface area (Å²) in [5.74, 6) is 0.500. The van der Waals surface area contributed by atoms with E-state index in [0.717, 1.165) is 22.0 Å². The second-order valence-corrected chi connectivity index (χ2v) is 4.00. The van der Waals surface area contributed by atoms with Crippen LogP contribution in [0.1, 0.15) is 30.9 Å². The summed E-state index contributed by atoms with van der Waals surface area (Å²) in [6.07, 6.45) is 1.70. The molecule has 2 rings (SSSR count). The first-order chi connectivity index (χ1) is 7.09. The zero-order valence-corrected chi connectivity index (χ0v) is 8.91. The molecule has 0 aliphatic heterocycles. The summed E-state index contributed by atoms with van der Waals surface area (Å²) in [6, 6.07) is 4.02. The molecule has 1 aromatic carbocycles. The Balaban J connectivity index is 2.74. The summed E-state index contributed by atoms with van der Waals surface area (Å²) in [5.41, 5.74) is 2.85. The zero-order chi connectivity index (χ0) is 11.0. The van der Waals surface area contributed by atoms with E-state index in [0.29, 0.717) is 5.92 Å². The van der Waals surface area contributed by atoms with Crippen LogP contribution in [0.4, 0.5) is 0 Å². The minimum atomic E-state index is 0.0869. The maximum atomic E-state index is 9.51. The first-order valence-corrected chi connectivity index (χ1v) is 4.95. The van der Waals surface area contributed by atoms with Gasteiger partial charge in [-0.2, -0.15) is 5.10 Å². The molecule has 3 heteroatoms. The number of hydrogen-bond acceptors (Lipinski definition) is 2. The van der Waals surface area contributed by atoms with Gasteiger partial charge in [-0.05, 0) is 23.6 Å². The van der Waals surface area contributed by atoms with Crippen molar-refractivity contribution in [2.75, 3.05) is 0 Å². The predicted molar refractivity (Wildman–Crippen MR) is 61.8 cm³/mol. The molecule has 0 aliphatic carbocycles. The van der Waals surface area contributed by atoms with Crippen molar-refractivity contribution in [3.63, 3.8) is 0 Å². The lowest BCUT2D eigenvalue weighted by molar-refractivity contribution is 0.514. The number of rotatable bonds is 2. The third kappa shape index (κ3) is 1.61. The average Bonchev–Trinajstić information content (AvgIpc) is 2.62. The number of hydrogen-bond donors (Lipinski definition) is 2. The number of aliphatic hydroxyl groups is 1. The Bertz CT molecular complexity index is 511. The Morgan fingerprint density at radius 2 is 2.20 bits per heavy atom. The van der Waals surface area contributed by atoms with Gasteiger partial charge in [0.25, 0.3) is 0 Å². The van der Waals surface area contributed by atoms with Crippen molar-refractivity contribution in [1.29, 1.82) is 0 Å². The lowest BCUT2D eigenvalue weighted by Gasteiger charge is -2.08. The highest BCUT2D eigenvalue weighted by Gasteiger charge is 2.09. The second-order valence-electron chi connectivity index (χ2n) is 4.00. The molecule has 2 aromatic rings. The molecule has 0 saturated carbocycles. The van der Waals surface area contributed by atoms with Gasteiger partial charge in [-0.25, -0.2) is 0 Å². The molecular formula is C12H14N2O. The molecule has 15 heavy (non-hydrogen) atoms. The minimum absolute atomic E-state index is 0.0869. The van der Waals surface area contributed by atoms with Crippen molar-refractivity contribution in [1.82, 2.24) is 10.2 Å². The Kier molecular flexibility index (Phi) is 2.23. The van der Waals surface area contributed by atoms with E-state index in [1.807, 2.05) is 6.07 Å². The standard InChI is InChI=1S/C12H14N2O/c1-7(2)9-4-10(8(3)15)11-6-13-14-12(11)5-9/h4-7,15H,3H2,1-2H3,(H,13,14). The molecule has 0 saturated heterocycles. The van der Waals surface area contributed by atoms with Crippen LogP contribution in [0.2, 0.25) is 0 Å². The van der Waals surface area contributed by atoms with E-state index in [1.165, 1.54) is 0 Å². The van der Waals surface area contributed by atoms with Gasteiger partial charge in [-0.15, -0.1) is 0 Å². The molecule has 0 fully saturated rings. The highest BCUT2D eigenvalue weighted by Crippen LogP contribution is 2.26. The summed E-state index contributed by atoms with van der Waals surface area (Å²) >= 11 is 0. The number of aliphatic hydroxyl groups excluding tert-OH is 1. The van der Waals surface area contributed by atoms with Gasteiger partial charge in [-0.1, -0.05) is 20.4 Å². The number of aromatic amines is 1. The van der Waals surface area contributed by atoms with Gasteiger partial charge in [0.1, 0.15) is 5.76 Å². The molecule has 0 atom stereocenters. The molecule has 0 spiro atoms. The van der Waals surface area contributed by atoms with Gasteiger partial charge in [0.15, 0.2) is 0 Å². The molecule has 0 bridgehead atoms. The average molecular weight is 202 g/mol. The topological polar surface area (TPSA) is 48.9 Å². The first kappa shape index (κ1) is 9.77. The maximum absolute atomic E-state index is 9.51. The molecule has 0 aliphatic rings. The molecule has 78 valence electrons. The fourth-order valence-electron chi connectivity index (χ4n) is 1.65. The van der Waals surface area contributed by atoms with Gasteiger partial charge in [0, 0.05) is 10.9 Å². The zero-order valence-electron chi connectivity index (χ0n) is 8.91. The molecule has 0 radical (unpaired) electrons. The number of nitrogens with zero attached hydrogens (tertiary/aromatic N) is 1. The number of aromatic nitrogens is 2. The van der Waals surface area contributed by atoms with Crippen molar-refractivity contribution >= 4 is 16.7 Å². The van der Waals surface area contributed by atoms with Crippen molar-refractivity contribution < 1.29 is 5.11 Å². The molecule has 1 aromatic heterocycles. The van der Waals surface area contributed by atoms with Crippen LogP contribution < -0.4 is 0 Å². The van der Waals surface area contributed by atoms with Crippen LogP contribution in [0, 0.1) is 0 Å². The van der Waals surface area contributed by atoms with Gasteiger partial charge >= 0.3 is 0 Å². The monoisotopic (exact) mass is 202 g/mol. The normalized spacial score (nSPS) is 11.1. The summed E-state index contributed by atoms with van der Waals surface area (Å²) < 4.78 is 0. The molecule has 1 heterocycles. The summed E-state index contributed by atoms with van der Waals surface area (Å²) in [5, 5.41) is 17.3. The quantitative estimate of drug-likeness (QED) is 0.734. The van der Waals surface area contributed by atoms with Crippen molar-refractivity contribution in [2.45, 2.75) is 19.8 Å². The van der Waals surface area contributed by atoms with Crippen LogP contribution in [0.5, 0.6) is 0 Å². The van der Waals surface area contributed by atoms with E-state index >= 15 is 0 Å². The number of nitrogens with one attached hydrogen (secondary N) is 1. The van der Waals surface area contributed by atoms with E-state index in [-0.39, 0.29) is 5.76 Å². The lowest BCUT2D eigenvalue weighted by atomic mass is 9.98. The van der Waals surface area contributed by atoms with Crippen molar-refractivity contribution in [2.24, 2.45) is 0 Å². The molecule has 3 nitrogen and oxygen atoms in total. The molecule has 2 N–H and O–H groups in total. The second kappa shape index (κ2) is 3.42. The van der Waals surface area contributed by atoms with E-state index in [4.69, 9.17) is 0 Å². The van der Waals surface area contributed by atoms with E-state index in [2.05, 4.69) is 36.7 Å². The number of benzene rings is 1. The first-order valence-electron chi connectivity index (χ1n) is 4.95. The minimum Gasteiger partial charge on any atom is -0.508 e. The maximum Gasteiger partial charge on any atom is 0.116 e. The van der Waals surface area contributed by atoms with Crippen LogP contribution >= 0.6 is 0 Å². The SMILES string of the molecule is C=C(O)c1cc(C(C)C)cc2[nH]ncc12. The van der Waals surface area contributed by atoms with Crippen molar-refractivity contribution in [3.05, 3.63) is 36.0 Å². The van der Waals surface area contributed by atoms with Gasteiger partial charge < -0.3 is 5.11 Å².